The van der Waals surface area contributed by atoms with Gasteiger partial charge in [0.1, 0.15) is 18.1 Å². The van der Waals surface area contributed by atoms with Gasteiger partial charge in [-0.1, -0.05) is 11.6 Å². The zero-order valence-electron chi connectivity index (χ0n) is 15.4. The fraction of sp³-hybridized carbons (Fsp3) is 0.200. The molecule has 0 bridgehead atoms. The van der Waals surface area contributed by atoms with Gasteiger partial charge in [0.25, 0.3) is 5.91 Å². The standard InChI is InChI=1S/C20H19BrClN3O3/c1-25-18(17(21)10-24-25)11-23-20(26)13-3-8-19(27-2)14(9-13)12-28-16-6-4-15(22)5-7-16/h3-10H,11-12H2,1-2H3,(H,23,26). The lowest BCUT2D eigenvalue weighted by atomic mass is 10.1. The summed E-state index contributed by atoms with van der Waals surface area (Å²) < 4.78 is 13.7. The van der Waals surface area contributed by atoms with E-state index in [1.165, 1.54) is 0 Å². The van der Waals surface area contributed by atoms with Crippen LogP contribution in [0.2, 0.25) is 5.02 Å². The molecule has 0 saturated heterocycles. The number of amides is 1. The highest BCUT2D eigenvalue weighted by atomic mass is 79.9. The Morgan fingerprint density at radius 3 is 2.64 bits per heavy atom. The molecule has 0 aliphatic carbocycles. The third-order valence-corrected chi connectivity index (χ3v) is 5.09. The molecule has 0 aliphatic rings. The fourth-order valence-corrected chi connectivity index (χ4v) is 3.24. The van der Waals surface area contributed by atoms with Crippen molar-refractivity contribution in [2.45, 2.75) is 13.2 Å². The number of ether oxygens (including phenoxy) is 2. The first-order valence-corrected chi connectivity index (χ1v) is 9.65. The number of nitrogens with zero attached hydrogens (tertiary/aromatic N) is 2. The Labute approximate surface area is 176 Å². The molecular formula is C20H19BrClN3O3. The molecule has 0 unspecified atom stereocenters. The Bertz CT molecular complexity index is 954. The van der Waals surface area contributed by atoms with E-state index in [1.54, 1.807) is 60.5 Å². The lowest BCUT2D eigenvalue weighted by Crippen LogP contribution is -2.24. The predicted molar refractivity (Wildman–Crippen MR) is 111 cm³/mol. The molecule has 2 aromatic carbocycles. The van der Waals surface area contributed by atoms with Crippen molar-refractivity contribution in [1.29, 1.82) is 0 Å². The summed E-state index contributed by atoms with van der Waals surface area (Å²) in [7, 11) is 3.41. The van der Waals surface area contributed by atoms with Gasteiger partial charge in [-0.3, -0.25) is 9.48 Å². The number of halogens is 2. The lowest BCUT2D eigenvalue weighted by molar-refractivity contribution is 0.0949. The van der Waals surface area contributed by atoms with Crippen molar-refractivity contribution in [2.75, 3.05) is 7.11 Å². The number of hydrogen-bond donors (Lipinski definition) is 1. The van der Waals surface area contributed by atoms with Gasteiger partial charge in [0, 0.05) is 23.2 Å². The molecule has 28 heavy (non-hydrogen) atoms. The van der Waals surface area contributed by atoms with E-state index in [9.17, 15) is 4.79 Å². The number of hydrogen-bond acceptors (Lipinski definition) is 4. The average molecular weight is 465 g/mol. The van der Waals surface area contributed by atoms with Crippen LogP contribution in [-0.2, 0) is 20.2 Å². The second-order valence-corrected chi connectivity index (χ2v) is 7.31. The van der Waals surface area contributed by atoms with E-state index >= 15 is 0 Å². The van der Waals surface area contributed by atoms with E-state index in [-0.39, 0.29) is 12.5 Å². The van der Waals surface area contributed by atoms with E-state index < -0.39 is 0 Å². The summed E-state index contributed by atoms with van der Waals surface area (Å²) in [6.45, 7) is 0.623. The van der Waals surface area contributed by atoms with Crippen molar-refractivity contribution in [3.8, 4) is 11.5 Å². The van der Waals surface area contributed by atoms with Crippen molar-refractivity contribution >= 4 is 33.4 Å². The Kier molecular flexibility index (Phi) is 6.59. The van der Waals surface area contributed by atoms with Gasteiger partial charge < -0.3 is 14.8 Å². The Hall–Kier alpha value is -2.51. The molecule has 0 spiro atoms. The van der Waals surface area contributed by atoms with Gasteiger partial charge in [0.15, 0.2) is 0 Å². The van der Waals surface area contributed by atoms with Crippen molar-refractivity contribution in [3.63, 3.8) is 0 Å². The number of aromatic nitrogens is 2. The second kappa shape index (κ2) is 9.12. The van der Waals surface area contributed by atoms with Crippen LogP contribution in [0.25, 0.3) is 0 Å². The van der Waals surface area contributed by atoms with Crippen LogP contribution in [0.4, 0.5) is 0 Å². The first-order chi connectivity index (χ1) is 13.5. The summed E-state index contributed by atoms with van der Waals surface area (Å²) in [5, 5.41) is 7.68. The molecule has 1 aromatic heterocycles. The largest absolute Gasteiger partial charge is 0.496 e. The highest BCUT2D eigenvalue weighted by Gasteiger charge is 2.13. The topological polar surface area (TPSA) is 65.4 Å². The van der Waals surface area contributed by atoms with Gasteiger partial charge in [0.05, 0.1) is 30.0 Å². The summed E-state index contributed by atoms with van der Waals surface area (Å²) in [5.41, 5.74) is 2.17. The number of benzene rings is 2. The third-order valence-electron chi connectivity index (χ3n) is 4.18. The Morgan fingerprint density at radius 1 is 1.25 bits per heavy atom. The van der Waals surface area contributed by atoms with Gasteiger partial charge in [-0.05, 0) is 58.4 Å². The van der Waals surface area contributed by atoms with Crippen molar-refractivity contribution in [2.24, 2.45) is 7.05 Å². The monoisotopic (exact) mass is 463 g/mol. The molecule has 8 heteroatoms. The smallest absolute Gasteiger partial charge is 0.251 e. The molecule has 0 saturated carbocycles. The minimum absolute atomic E-state index is 0.191. The SMILES string of the molecule is COc1ccc(C(=O)NCc2c(Br)cnn2C)cc1COc1ccc(Cl)cc1. The quantitative estimate of drug-likeness (QED) is 0.564. The summed E-state index contributed by atoms with van der Waals surface area (Å²) >= 11 is 9.32. The number of carbonyl (C=O) groups excluding carboxylic acids is 1. The van der Waals surface area contributed by atoms with Crippen molar-refractivity contribution in [1.82, 2.24) is 15.1 Å². The molecule has 3 aromatic rings. The molecule has 1 N–H and O–H groups in total. The van der Waals surface area contributed by atoms with Gasteiger partial charge in [0.2, 0.25) is 0 Å². The number of aryl methyl sites for hydroxylation is 1. The predicted octanol–water partition coefficient (Wildman–Crippen LogP) is 4.35. The molecular weight excluding hydrogens is 446 g/mol. The average Bonchev–Trinajstić information content (AvgIpc) is 3.03. The number of rotatable bonds is 7. The van der Waals surface area contributed by atoms with E-state index in [4.69, 9.17) is 21.1 Å². The maximum atomic E-state index is 12.6. The van der Waals surface area contributed by atoms with Crippen LogP contribution in [0.5, 0.6) is 11.5 Å². The number of methoxy groups -OCH3 is 1. The third kappa shape index (κ3) is 4.85. The second-order valence-electron chi connectivity index (χ2n) is 6.01. The molecule has 146 valence electrons. The summed E-state index contributed by atoms with van der Waals surface area (Å²) in [4.78, 5) is 12.6. The zero-order chi connectivity index (χ0) is 20.1. The Morgan fingerprint density at radius 2 is 2.00 bits per heavy atom. The normalized spacial score (nSPS) is 10.6. The van der Waals surface area contributed by atoms with Gasteiger partial charge >= 0.3 is 0 Å². The van der Waals surface area contributed by atoms with Gasteiger partial charge in [-0.15, -0.1) is 0 Å². The van der Waals surface area contributed by atoms with Crippen molar-refractivity contribution < 1.29 is 14.3 Å². The molecule has 1 amide bonds. The molecule has 0 radical (unpaired) electrons. The van der Waals surface area contributed by atoms with Crippen LogP contribution in [0.1, 0.15) is 21.6 Å². The maximum absolute atomic E-state index is 12.6. The van der Waals surface area contributed by atoms with Crippen LogP contribution < -0.4 is 14.8 Å². The van der Waals surface area contributed by atoms with Crippen LogP contribution in [0, 0.1) is 0 Å². The molecule has 3 rings (SSSR count). The lowest BCUT2D eigenvalue weighted by Gasteiger charge is -2.13. The highest BCUT2D eigenvalue weighted by Crippen LogP contribution is 2.23. The molecule has 0 fully saturated rings. The van der Waals surface area contributed by atoms with Crippen LogP contribution >= 0.6 is 27.5 Å². The Balaban J connectivity index is 1.70. The number of nitrogens with one attached hydrogen (secondary N) is 1. The van der Waals surface area contributed by atoms with E-state index in [1.807, 2.05) is 7.05 Å². The molecule has 1 heterocycles. The van der Waals surface area contributed by atoms with Crippen LogP contribution in [-0.4, -0.2) is 22.8 Å². The van der Waals surface area contributed by atoms with E-state index in [0.29, 0.717) is 28.6 Å². The first kappa shape index (κ1) is 20.2. The zero-order valence-corrected chi connectivity index (χ0v) is 17.8. The molecule has 0 atom stereocenters. The summed E-state index contributed by atoms with van der Waals surface area (Å²) in [6.07, 6.45) is 1.70. The van der Waals surface area contributed by atoms with Gasteiger partial charge in [-0.2, -0.15) is 5.10 Å². The summed E-state index contributed by atoms with van der Waals surface area (Å²) in [6, 6.07) is 12.3. The number of carbonyl (C=O) groups is 1. The molecule has 6 nitrogen and oxygen atoms in total. The molecule has 0 aliphatic heterocycles. The highest BCUT2D eigenvalue weighted by molar-refractivity contribution is 9.10. The van der Waals surface area contributed by atoms with Gasteiger partial charge in [-0.25, -0.2) is 0 Å². The van der Waals surface area contributed by atoms with Crippen molar-refractivity contribution in [3.05, 3.63) is 75.0 Å². The van der Waals surface area contributed by atoms with Crippen LogP contribution in [0.15, 0.2) is 53.1 Å². The van der Waals surface area contributed by atoms with Crippen LogP contribution in [0.3, 0.4) is 0 Å². The summed E-state index contributed by atoms with van der Waals surface area (Å²) in [5.74, 6) is 1.14. The maximum Gasteiger partial charge on any atom is 0.251 e. The van der Waals surface area contributed by atoms with E-state index in [2.05, 4.69) is 26.3 Å². The van der Waals surface area contributed by atoms with E-state index in [0.717, 1.165) is 15.7 Å². The fourth-order valence-electron chi connectivity index (χ4n) is 2.63. The minimum atomic E-state index is -0.191. The minimum Gasteiger partial charge on any atom is -0.496 e. The first-order valence-electron chi connectivity index (χ1n) is 8.48.